The Hall–Kier alpha value is -4.06. The van der Waals surface area contributed by atoms with Gasteiger partial charge in [-0.3, -0.25) is 9.59 Å². The maximum absolute atomic E-state index is 12.9. The van der Waals surface area contributed by atoms with E-state index in [9.17, 15) is 14.4 Å². The molecule has 1 aromatic heterocycles. The molecule has 4 N–H and O–H groups in total. The van der Waals surface area contributed by atoms with Gasteiger partial charge in [0.25, 0.3) is 11.8 Å². The molecule has 0 bridgehead atoms. The third-order valence-corrected chi connectivity index (χ3v) is 6.84. The minimum Gasteiger partial charge on any atom is -0.477 e. The van der Waals surface area contributed by atoms with Crippen LogP contribution in [0.15, 0.2) is 30.3 Å². The van der Waals surface area contributed by atoms with Crippen molar-refractivity contribution in [3.05, 3.63) is 41.5 Å². The van der Waals surface area contributed by atoms with Gasteiger partial charge in [-0.05, 0) is 64.3 Å². The largest absolute Gasteiger partial charge is 0.477 e. The molecule has 3 heterocycles. The van der Waals surface area contributed by atoms with Crippen LogP contribution in [0.1, 0.15) is 67.7 Å². The predicted molar refractivity (Wildman–Crippen MR) is 160 cm³/mol. The standard InChI is InChI=1S/C30H42N6O6/c1-5-15-41-27-25(26(31)37)23(32-21-10-8-20(9-11-21)28(38)35-13-16-40-17-14-35)18-24(34-27)36-12-6-7-22(19-36)33-29(39)42-30(2,3)4/h8-11,18,22H,5-7,12-17,19H2,1-4H3,(H2,31,37)(H,32,34)(H,33,39)/t22-/m1/s1. The number of alkyl carbamates (subject to hydrolysis) is 1. The number of carbonyl (C=O) groups excluding carboxylic acids is 3. The van der Waals surface area contributed by atoms with E-state index in [1.165, 1.54) is 0 Å². The highest BCUT2D eigenvalue weighted by molar-refractivity contribution is 6.02. The first-order valence-electron chi connectivity index (χ1n) is 14.5. The Balaban J connectivity index is 1.57. The molecule has 0 unspecified atom stereocenters. The number of piperidine rings is 1. The van der Waals surface area contributed by atoms with Crippen LogP contribution in [0.5, 0.6) is 5.88 Å². The molecule has 1 aromatic carbocycles. The van der Waals surface area contributed by atoms with Crippen LogP contribution in [-0.4, -0.2) is 85.4 Å². The van der Waals surface area contributed by atoms with Gasteiger partial charge in [0.1, 0.15) is 17.0 Å². The van der Waals surface area contributed by atoms with Crippen LogP contribution in [-0.2, 0) is 9.47 Å². The van der Waals surface area contributed by atoms with Crippen LogP contribution < -0.4 is 26.0 Å². The Bertz CT molecular complexity index is 1260. The monoisotopic (exact) mass is 582 g/mol. The van der Waals surface area contributed by atoms with Crippen molar-refractivity contribution >= 4 is 35.1 Å². The third kappa shape index (κ3) is 8.25. The minimum atomic E-state index is -0.676. The van der Waals surface area contributed by atoms with Crippen molar-refractivity contribution in [2.45, 2.75) is 58.6 Å². The third-order valence-electron chi connectivity index (χ3n) is 6.84. The maximum Gasteiger partial charge on any atom is 0.407 e. The zero-order chi connectivity index (χ0) is 30.3. The van der Waals surface area contributed by atoms with Crippen LogP contribution in [0.2, 0.25) is 0 Å². The lowest BCUT2D eigenvalue weighted by atomic mass is 10.1. The number of amides is 3. The molecule has 4 rings (SSSR count). The quantitative estimate of drug-likeness (QED) is 0.403. The van der Waals surface area contributed by atoms with Crippen molar-refractivity contribution in [1.29, 1.82) is 0 Å². The molecule has 0 saturated carbocycles. The smallest absolute Gasteiger partial charge is 0.407 e. The van der Waals surface area contributed by atoms with Gasteiger partial charge in [0.2, 0.25) is 5.88 Å². The molecule has 228 valence electrons. The number of nitrogens with one attached hydrogen (secondary N) is 2. The number of hydrogen-bond acceptors (Lipinski definition) is 9. The van der Waals surface area contributed by atoms with Gasteiger partial charge in [-0.2, -0.15) is 4.98 Å². The van der Waals surface area contributed by atoms with E-state index in [4.69, 9.17) is 19.9 Å². The normalized spacial score (nSPS) is 17.4. The number of benzene rings is 1. The lowest BCUT2D eigenvalue weighted by Crippen LogP contribution is -2.49. The van der Waals surface area contributed by atoms with Crippen LogP contribution in [0.4, 0.5) is 22.0 Å². The summed E-state index contributed by atoms with van der Waals surface area (Å²) in [7, 11) is 0. The highest BCUT2D eigenvalue weighted by Gasteiger charge is 2.28. The average molecular weight is 583 g/mol. The van der Waals surface area contributed by atoms with E-state index in [0.29, 0.717) is 68.8 Å². The Kier molecular flexibility index (Phi) is 10.1. The molecule has 2 saturated heterocycles. The fourth-order valence-corrected chi connectivity index (χ4v) is 4.89. The molecule has 2 aromatic rings. The number of anilines is 3. The van der Waals surface area contributed by atoms with Crippen molar-refractivity contribution in [2.75, 3.05) is 56.2 Å². The topological polar surface area (TPSA) is 148 Å². The van der Waals surface area contributed by atoms with Crippen molar-refractivity contribution in [3.8, 4) is 5.88 Å². The molecule has 0 radical (unpaired) electrons. The summed E-state index contributed by atoms with van der Waals surface area (Å²) in [5, 5.41) is 6.24. The lowest BCUT2D eigenvalue weighted by Gasteiger charge is -2.34. The second-order valence-corrected chi connectivity index (χ2v) is 11.5. The number of primary amides is 1. The molecular formula is C30H42N6O6. The lowest BCUT2D eigenvalue weighted by molar-refractivity contribution is 0.0303. The number of aromatic nitrogens is 1. The zero-order valence-corrected chi connectivity index (χ0v) is 24.9. The number of rotatable bonds is 9. The van der Waals surface area contributed by atoms with Crippen molar-refractivity contribution in [2.24, 2.45) is 5.73 Å². The molecule has 1 atom stereocenters. The average Bonchev–Trinajstić information content (AvgIpc) is 2.95. The zero-order valence-electron chi connectivity index (χ0n) is 24.9. The molecule has 12 heteroatoms. The Morgan fingerprint density at radius 2 is 1.83 bits per heavy atom. The SMILES string of the molecule is CCCOc1nc(N2CCC[C@@H](NC(=O)OC(C)(C)C)C2)cc(Nc2ccc(C(=O)N3CCOCC3)cc2)c1C(N)=O. The van der Waals surface area contributed by atoms with Crippen molar-refractivity contribution in [3.63, 3.8) is 0 Å². The summed E-state index contributed by atoms with van der Waals surface area (Å²) in [6.07, 6.45) is 1.88. The molecular weight excluding hydrogens is 540 g/mol. The molecule has 2 aliphatic heterocycles. The van der Waals surface area contributed by atoms with Gasteiger partial charge in [0, 0.05) is 49.5 Å². The van der Waals surface area contributed by atoms with E-state index in [2.05, 4.69) is 15.6 Å². The summed E-state index contributed by atoms with van der Waals surface area (Å²) in [5.41, 5.74) is 7.03. The molecule has 3 amide bonds. The minimum absolute atomic E-state index is 0.0521. The predicted octanol–water partition coefficient (Wildman–Crippen LogP) is 3.68. The Morgan fingerprint density at radius 3 is 2.48 bits per heavy atom. The Morgan fingerprint density at radius 1 is 1.12 bits per heavy atom. The molecule has 2 fully saturated rings. The summed E-state index contributed by atoms with van der Waals surface area (Å²) >= 11 is 0. The van der Waals surface area contributed by atoms with Crippen LogP contribution >= 0.6 is 0 Å². The summed E-state index contributed by atoms with van der Waals surface area (Å²) in [5.74, 6) is 0.00254. The molecule has 0 aliphatic carbocycles. The second-order valence-electron chi connectivity index (χ2n) is 11.5. The Labute approximate surface area is 246 Å². The molecule has 0 spiro atoms. The van der Waals surface area contributed by atoms with Gasteiger partial charge in [-0.1, -0.05) is 6.92 Å². The van der Waals surface area contributed by atoms with Gasteiger partial charge >= 0.3 is 6.09 Å². The van der Waals surface area contributed by atoms with Crippen LogP contribution in [0.25, 0.3) is 0 Å². The first-order valence-corrected chi connectivity index (χ1v) is 14.5. The molecule has 2 aliphatic rings. The van der Waals surface area contributed by atoms with E-state index in [1.54, 1.807) is 35.2 Å². The highest BCUT2D eigenvalue weighted by Crippen LogP contribution is 2.33. The number of carbonyl (C=O) groups is 3. The van der Waals surface area contributed by atoms with E-state index in [1.807, 2.05) is 32.6 Å². The summed E-state index contributed by atoms with van der Waals surface area (Å²) in [6, 6.07) is 8.69. The second kappa shape index (κ2) is 13.7. The van der Waals surface area contributed by atoms with E-state index < -0.39 is 17.6 Å². The number of hydrogen-bond donors (Lipinski definition) is 3. The number of nitrogens with zero attached hydrogens (tertiary/aromatic N) is 3. The first-order chi connectivity index (χ1) is 20.0. The maximum atomic E-state index is 12.9. The highest BCUT2D eigenvalue weighted by atomic mass is 16.6. The van der Waals surface area contributed by atoms with Crippen molar-refractivity contribution in [1.82, 2.24) is 15.2 Å². The van der Waals surface area contributed by atoms with E-state index >= 15 is 0 Å². The van der Waals surface area contributed by atoms with E-state index in [-0.39, 0.29) is 23.4 Å². The fraction of sp³-hybridized carbons (Fsp3) is 0.533. The van der Waals surface area contributed by atoms with Gasteiger partial charge in [-0.25, -0.2) is 4.79 Å². The number of morpholine rings is 1. The first kappa shape index (κ1) is 30.9. The summed E-state index contributed by atoms with van der Waals surface area (Å²) in [6.45, 7) is 11.2. The van der Waals surface area contributed by atoms with Crippen LogP contribution in [0.3, 0.4) is 0 Å². The van der Waals surface area contributed by atoms with Crippen LogP contribution in [0, 0.1) is 0 Å². The number of pyridine rings is 1. The van der Waals surface area contributed by atoms with Gasteiger partial charge in [0.15, 0.2) is 0 Å². The van der Waals surface area contributed by atoms with E-state index in [0.717, 1.165) is 19.3 Å². The summed E-state index contributed by atoms with van der Waals surface area (Å²) < 4.78 is 16.7. The fourth-order valence-electron chi connectivity index (χ4n) is 4.89. The van der Waals surface area contributed by atoms with Gasteiger partial charge in [0.05, 0.1) is 25.5 Å². The summed E-state index contributed by atoms with van der Waals surface area (Å²) in [4.78, 5) is 46.4. The van der Waals surface area contributed by atoms with Gasteiger partial charge in [-0.15, -0.1) is 0 Å². The molecule has 12 nitrogen and oxygen atoms in total. The number of nitrogens with two attached hydrogens (primary N) is 1. The molecule has 42 heavy (non-hydrogen) atoms. The van der Waals surface area contributed by atoms with Crippen molar-refractivity contribution < 1.29 is 28.6 Å². The number of ether oxygens (including phenoxy) is 3. The van der Waals surface area contributed by atoms with Gasteiger partial charge < -0.3 is 40.4 Å².